The standard InChI is InChI=1S/C21H30N4O3/c1-14(2)24(6)17-12-25(20(26)28-21(3,4)5)13-18(17)27-19-11-22-15-9-7-8-10-16(15)23-19/h7-11,14,17-18H,12-13H2,1-6H3. The van der Waals surface area contributed by atoms with Gasteiger partial charge in [0.1, 0.15) is 11.7 Å². The second-order valence-electron chi connectivity index (χ2n) is 8.57. The van der Waals surface area contributed by atoms with Crippen LogP contribution >= 0.6 is 0 Å². The fourth-order valence-electron chi connectivity index (χ4n) is 3.27. The second kappa shape index (κ2) is 7.91. The highest BCUT2D eigenvalue weighted by Crippen LogP contribution is 2.24. The van der Waals surface area contributed by atoms with Crippen LogP contribution in [0.1, 0.15) is 34.6 Å². The van der Waals surface area contributed by atoms with E-state index in [1.54, 1.807) is 11.1 Å². The minimum atomic E-state index is -0.528. The van der Waals surface area contributed by atoms with E-state index < -0.39 is 5.60 Å². The number of hydrogen-bond acceptors (Lipinski definition) is 6. The number of ether oxygens (including phenoxy) is 2. The summed E-state index contributed by atoms with van der Waals surface area (Å²) >= 11 is 0. The summed E-state index contributed by atoms with van der Waals surface area (Å²) < 4.78 is 11.8. The molecule has 0 bridgehead atoms. The van der Waals surface area contributed by atoms with Gasteiger partial charge in [0.25, 0.3) is 0 Å². The number of carbonyl (C=O) groups excluding carboxylic acids is 1. The van der Waals surface area contributed by atoms with E-state index in [1.807, 2.05) is 45.0 Å². The summed E-state index contributed by atoms with van der Waals surface area (Å²) in [5, 5.41) is 0. The number of para-hydroxylation sites is 2. The van der Waals surface area contributed by atoms with Gasteiger partial charge >= 0.3 is 6.09 Å². The lowest BCUT2D eigenvalue weighted by Gasteiger charge is -2.31. The molecule has 1 saturated heterocycles. The smallest absolute Gasteiger partial charge is 0.410 e. The molecule has 7 heteroatoms. The molecule has 1 amide bonds. The molecular weight excluding hydrogens is 356 g/mol. The van der Waals surface area contributed by atoms with Crippen molar-refractivity contribution in [1.82, 2.24) is 19.8 Å². The van der Waals surface area contributed by atoms with Crippen LogP contribution in [0.4, 0.5) is 4.79 Å². The highest BCUT2D eigenvalue weighted by atomic mass is 16.6. The molecule has 1 aliphatic heterocycles. The van der Waals surface area contributed by atoms with Crippen LogP contribution in [0.2, 0.25) is 0 Å². The first-order valence-electron chi connectivity index (χ1n) is 9.72. The average molecular weight is 386 g/mol. The zero-order valence-corrected chi connectivity index (χ0v) is 17.5. The van der Waals surface area contributed by atoms with Crippen LogP contribution in [0.25, 0.3) is 11.0 Å². The first kappa shape index (κ1) is 20.3. The van der Waals surface area contributed by atoms with Gasteiger partial charge in [-0.3, -0.25) is 4.90 Å². The molecule has 1 aliphatic rings. The Morgan fingerprint density at radius 2 is 1.89 bits per heavy atom. The van der Waals surface area contributed by atoms with Gasteiger partial charge in [0.15, 0.2) is 0 Å². The number of rotatable bonds is 4. The third-order valence-electron chi connectivity index (χ3n) is 4.92. The van der Waals surface area contributed by atoms with Gasteiger partial charge in [-0.2, -0.15) is 0 Å². The Bertz CT molecular complexity index is 834. The van der Waals surface area contributed by atoms with Crippen molar-refractivity contribution in [3.8, 4) is 5.88 Å². The van der Waals surface area contributed by atoms with Crippen molar-refractivity contribution in [2.75, 3.05) is 20.1 Å². The Hall–Kier alpha value is -2.41. The Balaban J connectivity index is 1.79. The molecule has 0 saturated carbocycles. The zero-order chi connectivity index (χ0) is 20.5. The summed E-state index contributed by atoms with van der Waals surface area (Å²) in [5.41, 5.74) is 1.09. The predicted molar refractivity (Wildman–Crippen MR) is 108 cm³/mol. The topological polar surface area (TPSA) is 67.8 Å². The van der Waals surface area contributed by atoms with Gasteiger partial charge in [-0.15, -0.1) is 0 Å². The Morgan fingerprint density at radius 1 is 1.21 bits per heavy atom. The van der Waals surface area contributed by atoms with E-state index in [2.05, 4.69) is 35.8 Å². The molecule has 3 rings (SSSR count). The normalized spacial score (nSPS) is 20.2. The van der Waals surface area contributed by atoms with Gasteiger partial charge in [0.2, 0.25) is 5.88 Å². The number of amides is 1. The molecule has 1 aromatic carbocycles. The molecule has 7 nitrogen and oxygen atoms in total. The lowest BCUT2D eigenvalue weighted by molar-refractivity contribution is 0.0272. The molecule has 152 valence electrons. The lowest BCUT2D eigenvalue weighted by Crippen LogP contribution is -2.46. The van der Waals surface area contributed by atoms with Gasteiger partial charge in [-0.1, -0.05) is 12.1 Å². The van der Waals surface area contributed by atoms with E-state index in [9.17, 15) is 4.79 Å². The molecule has 28 heavy (non-hydrogen) atoms. The molecule has 0 aliphatic carbocycles. The summed E-state index contributed by atoms with van der Waals surface area (Å²) in [7, 11) is 2.05. The number of hydrogen-bond donors (Lipinski definition) is 0. The predicted octanol–water partition coefficient (Wildman–Crippen LogP) is 3.34. The van der Waals surface area contributed by atoms with Gasteiger partial charge in [-0.25, -0.2) is 14.8 Å². The summed E-state index contributed by atoms with van der Waals surface area (Å²) in [6, 6.07) is 8.05. The number of fused-ring (bicyclic) bond motifs is 1. The highest BCUT2D eigenvalue weighted by molar-refractivity contribution is 5.74. The molecule has 1 fully saturated rings. The Labute approximate surface area is 166 Å². The van der Waals surface area contributed by atoms with Crippen LogP contribution in [0.3, 0.4) is 0 Å². The van der Waals surface area contributed by atoms with Crippen molar-refractivity contribution in [2.24, 2.45) is 0 Å². The molecule has 0 spiro atoms. The van der Waals surface area contributed by atoms with Crippen LogP contribution in [0, 0.1) is 0 Å². The highest BCUT2D eigenvalue weighted by Gasteiger charge is 2.41. The molecule has 2 atom stereocenters. The van der Waals surface area contributed by atoms with E-state index in [4.69, 9.17) is 9.47 Å². The molecule has 0 N–H and O–H groups in total. The average Bonchev–Trinajstić information content (AvgIpc) is 3.03. The van der Waals surface area contributed by atoms with Crippen molar-refractivity contribution in [2.45, 2.75) is 58.4 Å². The minimum absolute atomic E-state index is 0.0424. The van der Waals surface area contributed by atoms with E-state index in [0.29, 0.717) is 25.0 Å². The SMILES string of the molecule is CC(C)N(C)C1CN(C(=O)OC(C)(C)C)CC1Oc1cnc2ccccc2n1. The maximum atomic E-state index is 12.6. The first-order chi connectivity index (χ1) is 13.1. The van der Waals surface area contributed by atoms with E-state index >= 15 is 0 Å². The number of aromatic nitrogens is 2. The number of benzene rings is 1. The molecule has 2 heterocycles. The lowest BCUT2D eigenvalue weighted by atomic mass is 10.1. The van der Waals surface area contributed by atoms with E-state index in [1.165, 1.54) is 0 Å². The Morgan fingerprint density at radius 3 is 2.54 bits per heavy atom. The summed E-state index contributed by atoms with van der Waals surface area (Å²) in [6.07, 6.45) is 1.12. The molecule has 0 radical (unpaired) electrons. The van der Waals surface area contributed by atoms with Gasteiger partial charge < -0.3 is 14.4 Å². The number of carbonyl (C=O) groups is 1. The fourth-order valence-corrected chi connectivity index (χ4v) is 3.27. The monoisotopic (exact) mass is 386 g/mol. The number of likely N-dealkylation sites (tertiary alicyclic amines) is 1. The minimum Gasteiger partial charge on any atom is -0.470 e. The van der Waals surface area contributed by atoms with Crippen molar-refractivity contribution < 1.29 is 14.3 Å². The third-order valence-corrected chi connectivity index (χ3v) is 4.92. The fraction of sp³-hybridized carbons (Fsp3) is 0.571. The largest absolute Gasteiger partial charge is 0.470 e. The second-order valence-corrected chi connectivity index (χ2v) is 8.57. The number of nitrogens with zero attached hydrogens (tertiary/aromatic N) is 4. The maximum absolute atomic E-state index is 12.6. The van der Waals surface area contributed by atoms with Crippen LogP contribution in [0.15, 0.2) is 30.5 Å². The van der Waals surface area contributed by atoms with Crippen molar-refractivity contribution in [1.29, 1.82) is 0 Å². The molecule has 2 aromatic rings. The summed E-state index contributed by atoms with van der Waals surface area (Å²) in [4.78, 5) is 25.5. The van der Waals surface area contributed by atoms with Gasteiger partial charge in [0, 0.05) is 12.6 Å². The molecular formula is C21H30N4O3. The first-order valence-corrected chi connectivity index (χ1v) is 9.72. The van der Waals surface area contributed by atoms with Crippen molar-refractivity contribution in [3.63, 3.8) is 0 Å². The van der Waals surface area contributed by atoms with E-state index in [-0.39, 0.29) is 18.2 Å². The van der Waals surface area contributed by atoms with Crippen LogP contribution < -0.4 is 4.74 Å². The Kier molecular flexibility index (Phi) is 5.74. The molecule has 2 unspecified atom stereocenters. The van der Waals surface area contributed by atoms with E-state index in [0.717, 1.165) is 11.0 Å². The van der Waals surface area contributed by atoms with Crippen LogP contribution in [-0.2, 0) is 4.74 Å². The van der Waals surface area contributed by atoms with Gasteiger partial charge in [0.05, 0.1) is 29.8 Å². The van der Waals surface area contributed by atoms with Crippen molar-refractivity contribution in [3.05, 3.63) is 30.5 Å². The zero-order valence-electron chi connectivity index (χ0n) is 17.5. The van der Waals surface area contributed by atoms with Crippen LogP contribution in [0.5, 0.6) is 5.88 Å². The number of likely N-dealkylation sites (N-methyl/N-ethyl adjacent to an activating group) is 1. The van der Waals surface area contributed by atoms with Gasteiger partial charge in [-0.05, 0) is 53.8 Å². The van der Waals surface area contributed by atoms with Crippen LogP contribution in [-0.4, -0.2) is 69.8 Å². The third kappa shape index (κ3) is 4.70. The van der Waals surface area contributed by atoms with Crippen molar-refractivity contribution >= 4 is 17.1 Å². The maximum Gasteiger partial charge on any atom is 0.410 e. The summed E-state index contributed by atoms with van der Waals surface area (Å²) in [5.74, 6) is 0.469. The quantitative estimate of drug-likeness (QED) is 0.803. The summed E-state index contributed by atoms with van der Waals surface area (Å²) in [6.45, 7) is 10.9. The molecule has 1 aromatic heterocycles.